The number of aromatic nitrogens is 1. The van der Waals surface area contributed by atoms with Gasteiger partial charge in [0, 0.05) is 17.7 Å². The SMILES string of the molecule is Cc1ccc(C(=O)NC(=S)Nc2ccc(Cc3nc4ccccc4o3)cc2)cc1. The number of carbonyl (C=O) groups is 1. The van der Waals surface area contributed by atoms with Gasteiger partial charge >= 0.3 is 0 Å². The van der Waals surface area contributed by atoms with E-state index < -0.39 is 0 Å². The van der Waals surface area contributed by atoms with E-state index in [-0.39, 0.29) is 11.0 Å². The standard InChI is InChI=1S/C23H19N3O2S/c1-15-6-10-17(11-7-15)22(27)26-23(29)24-18-12-8-16(9-13-18)14-21-25-19-4-2-3-5-20(19)28-21/h2-13H,14H2,1H3,(H2,24,26,27,29). The van der Waals surface area contributed by atoms with Crippen LogP contribution in [0, 0.1) is 6.92 Å². The van der Waals surface area contributed by atoms with E-state index in [0.717, 1.165) is 27.9 Å². The number of thiocarbonyl (C=S) groups is 1. The number of oxazole rings is 1. The molecule has 1 aromatic heterocycles. The molecule has 2 N–H and O–H groups in total. The molecule has 1 amide bonds. The first-order valence-electron chi connectivity index (χ1n) is 9.19. The van der Waals surface area contributed by atoms with Crippen molar-refractivity contribution >= 4 is 40.0 Å². The summed E-state index contributed by atoms with van der Waals surface area (Å²) in [4.78, 5) is 16.7. The molecular weight excluding hydrogens is 382 g/mol. The van der Waals surface area contributed by atoms with Gasteiger partial charge in [0.25, 0.3) is 5.91 Å². The highest BCUT2D eigenvalue weighted by Crippen LogP contribution is 2.18. The maximum atomic E-state index is 12.2. The number of anilines is 1. The first-order chi connectivity index (χ1) is 14.1. The second-order valence-electron chi connectivity index (χ2n) is 6.72. The summed E-state index contributed by atoms with van der Waals surface area (Å²) in [7, 11) is 0. The van der Waals surface area contributed by atoms with Gasteiger partial charge in [-0.05, 0) is 61.1 Å². The van der Waals surface area contributed by atoms with Gasteiger partial charge in [0.15, 0.2) is 16.6 Å². The summed E-state index contributed by atoms with van der Waals surface area (Å²) in [6, 6.07) is 22.8. The highest BCUT2D eigenvalue weighted by molar-refractivity contribution is 7.80. The Bertz CT molecular complexity index is 1130. The minimum atomic E-state index is -0.241. The third-order valence-electron chi connectivity index (χ3n) is 4.45. The van der Waals surface area contributed by atoms with E-state index >= 15 is 0 Å². The lowest BCUT2D eigenvalue weighted by atomic mass is 10.1. The number of para-hydroxylation sites is 2. The van der Waals surface area contributed by atoms with Crippen molar-refractivity contribution in [3.63, 3.8) is 0 Å². The minimum absolute atomic E-state index is 0.241. The summed E-state index contributed by atoms with van der Waals surface area (Å²) in [5.74, 6) is 0.433. The van der Waals surface area contributed by atoms with E-state index in [1.165, 1.54) is 0 Å². The number of hydrogen-bond donors (Lipinski definition) is 2. The van der Waals surface area contributed by atoms with E-state index in [9.17, 15) is 4.79 Å². The number of rotatable bonds is 4. The van der Waals surface area contributed by atoms with Crippen molar-refractivity contribution in [2.75, 3.05) is 5.32 Å². The van der Waals surface area contributed by atoms with Gasteiger partial charge in [0.05, 0.1) is 0 Å². The normalized spacial score (nSPS) is 10.7. The van der Waals surface area contributed by atoms with Gasteiger partial charge in [-0.1, -0.05) is 42.0 Å². The number of fused-ring (bicyclic) bond motifs is 1. The molecule has 0 aliphatic carbocycles. The third kappa shape index (κ3) is 4.67. The van der Waals surface area contributed by atoms with Crippen molar-refractivity contribution in [1.82, 2.24) is 10.3 Å². The maximum Gasteiger partial charge on any atom is 0.257 e. The summed E-state index contributed by atoms with van der Waals surface area (Å²) < 4.78 is 5.76. The van der Waals surface area contributed by atoms with Gasteiger partial charge in [-0.2, -0.15) is 0 Å². The Balaban J connectivity index is 1.35. The smallest absolute Gasteiger partial charge is 0.257 e. The third-order valence-corrected chi connectivity index (χ3v) is 4.65. The summed E-state index contributed by atoms with van der Waals surface area (Å²) >= 11 is 5.24. The fraction of sp³-hybridized carbons (Fsp3) is 0.0870. The Morgan fingerprint density at radius 1 is 1.00 bits per heavy atom. The number of benzene rings is 3. The Hall–Kier alpha value is -3.51. The van der Waals surface area contributed by atoms with Gasteiger partial charge in [-0.25, -0.2) is 4.98 Å². The molecule has 4 aromatic rings. The fourth-order valence-electron chi connectivity index (χ4n) is 2.92. The van der Waals surface area contributed by atoms with Crippen LogP contribution in [0.5, 0.6) is 0 Å². The number of hydrogen-bond acceptors (Lipinski definition) is 4. The first-order valence-corrected chi connectivity index (χ1v) is 9.60. The molecule has 1 heterocycles. The summed E-state index contributed by atoms with van der Waals surface area (Å²) in [6.45, 7) is 1.97. The van der Waals surface area contributed by atoms with Crippen molar-refractivity contribution < 1.29 is 9.21 Å². The fourth-order valence-corrected chi connectivity index (χ4v) is 3.13. The Kier molecular flexibility index (Phi) is 5.35. The highest BCUT2D eigenvalue weighted by Gasteiger charge is 2.09. The quantitative estimate of drug-likeness (QED) is 0.478. The van der Waals surface area contributed by atoms with Crippen LogP contribution in [0.1, 0.15) is 27.4 Å². The number of nitrogens with zero attached hydrogens (tertiary/aromatic N) is 1. The number of carbonyl (C=O) groups excluding carboxylic acids is 1. The van der Waals surface area contributed by atoms with Gasteiger partial charge in [0.2, 0.25) is 0 Å². The van der Waals surface area contributed by atoms with Crippen molar-refractivity contribution in [2.24, 2.45) is 0 Å². The van der Waals surface area contributed by atoms with Crippen molar-refractivity contribution in [1.29, 1.82) is 0 Å². The zero-order chi connectivity index (χ0) is 20.2. The van der Waals surface area contributed by atoms with Gasteiger partial charge in [0.1, 0.15) is 5.52 Å². The van der Waals surface area contributed by atoms with Crippen LogP contribution in [0.3, 0.4) is 0 Å². The highest BCUT2D eigenvalue weighted by atomic mass is 32.1. The van der Waals surface area contributed by atoms with Crippen LogP contribution in [0.4, 0.5) is 5.69 Å². The molecule has 29 heavy (non-hydrogen) atoms. The summed E-state index contributed by atoms with van der Waals surface area (Å²) in [6.07, 6.45) is 0.601. The summed E-state index contributed by atoms with van der Waals surface area (Å²) in [5, 5.41) is 5.97. The number of aryl methyl sites for hydroxylation is 1. The van der Waals surface area contributed by atoms with E-state index in [4.69, 9.17) is 16.6 Å². The molecule has 0 bridgehead atoms. The lowest BCUT2D eigenvalue weighted by molar-refractivity contribution is 0.0977. The maximum absolute atomic E-state index is 12.2. The molecule has 0 saturated carbocycles. The van der Waals surface area contributed by atoms with Gasteiger partial charge in [-0.3, -0.25) is 10.1 Å². The molecular formula is C23H19N3O2S. The molecule has 0 aliphatic heterocycles. The molecule has 6 heteroatoms. The Labute approximate surface area is 173 Å². The van der Waals surface area contributed by atoms with Crippen molar-refractivity contribution in [2.45, 2.75) is 13.3 Å². The largest absolute Gasteiger partial charge is 0.440 e. The van der Waals surface area contributed by atoms with Crippen molar-refractivity contribution in [3.05, 3.63) is 95.4 Å². The summed E-state index contributed by atoms with van der Waals surface area (Å²) in [5.41, 5.74) is 5.16. The molecule has 0 spiro atoms. The lowest BCUT2D eigenvalue weighted by Gasteiger charge is -2.10. The Morgan fingerprint density at radius 2 is 1.72 bits per heavy atom. The van der Waals surface area contributed by atoms with E-state index in [2.05, 4.69) is 15.6 Å². The van der Waals surface area contributed by atoms with Crippen LogP contribution in [0.2, 0.25) is 0 Å². The zero-order valence-electron chi connectivity index (χ0n) is 15.8. The minimum Gasteiger partial charge on any atom is -0.440 e. The van der Waals surface area contributed by atoms with E-state index in [0.29, 0.717) is 17.9 Å². The molecule has 0 saturated heterocycles. The van der Waals surface area contributed by atoms with E-state index in [1.54, 1.807) is 12.1 Å². The van der Waals surface area contributed by atoms with Crippen LogP contribution in [-0.4, -0.2) is 16.0 Å². The monoisotopic (exact) mass is 401 g/mol. The average molecular weight is 401 g/mol. The number of amides is 1. The predicted molar refractivity (Wildman–Crippen MR) is 118 cm³/mol. The second kappa shape index (κ2) is 8.24. The van der Waals surface area contributed by atoms with Crippen molar-refractivity contribution in [3.8, 4) is 0 Å². The predicted octanol–water partition coefficient (Wildman–Crippen LogP) is 4.85. The molecule has 3 aromatic carbocycles. The molecule has 0 unspecified atom stereocenters. The number of nitrogens with one attached hydrogen (secondary N) is 2. The van der Waals surface area contributed by atoms with Crippen LogP contribution in [-0.2, 0) is 6.42 Å². The molecule has 4 rings (SSSR count). The Morgan fingerprint density at radius 3 is 2.45 bits per heavy atom. The lowest BCUT2D eigenvalue weighted by Crippen LogP contribution is -2.34. The van der Waals surface area contributed by atoms with Crippen LogP contribution < -0.4 is 10.6 Å². The van der Waals surface area contributed by atoms with Crippen LogP contribution in [0.25, 0.3) is 11.1 Å². The van der Waals surface area contributed by atoms with Crippen LogP contribution >= 0.6 is 12.2 Å². The topological polar surface area (TPSA) is 67.2 Å². The van der Waals surface area contributed by atoms with Crippen LogP contribution in [0.15, 0.2) is 77.2 Å². The first kappa shape index (κ1) is 18.8. The molecule has 0 atom stereocenters. The second-order valence-corrected chi connectivity index (χ2v) is 7.13. The molecule has 0 aliphatic rings. The average Bonchev–Trinajstić information content (AvgIpc) is 3.12. The van der Waals surface area contributed by atoms with E-state index in [1.807, 2.05) is 67.6 Å². The zero-order valence-corrected chi connectivity index (χ0v) is 16.6. The molecule has 0 radical (unpaired) electrons. The molecule has 0 fully saturated rings. The molecule has 5 nitrogen and oxygen atoms in total. The van der Waals surface area contributed by atoms with Gasteiger partial charge < -0.3 is 9.73 Å². The van der Waals surface area contributed by atoms with Gasteiger partial charge in [-0.15, -0.1) is 0 Å². The molecule has 144 valence electrons.